The molecule has 0 bridgehead atoms. The molecular formula is C31H58N2O10. The van der Waals surface area contributed by atoms with E-state index in [1.807, 2.05) is 18.9 Å². The molecule has 1 amide bonds. The number of hydrogen-bond donors (Lipinski definition) is 5. The van der Waals surface area contributed by atoms with E-state index < -0.39 is 77.9 Å². The van der Waals surface area contributed by atoms with Gasteiger partial charge >= 0.3 is 5.97 Å². The minimum Gasteiger partial charge on any atom is -0.459 e. The molecular weight excluding hydrogens is 560 g/mol. The fourth-order valence-corrected chi connectivity index (χ4v) is 6.84. The Kier molecular flexibility index (Phi) is 13.0. The van der Waals surface area contributed by atoms with E-state index in [0.29, 0.717) is 13.0 Å². The highest BCUT2D eigenvalue weighted by Gasteiger charge is 2.50. The summed E-state index contributed by atoms with van der Waals surface area (Å²) in [7, 11) is 3.41. The van der Waals surface area contributed by atoms with Crippen LogP contribution in [0, 0.1) is 17.8 Å². The third-order valence-electron chi connectivity index (χ3n) is 9.79. The molecule has 2 aliphatic heterocycles. The predicted octanol–water partition coefficient (Wildman–Crippen LogP) is 0.892. The van der Waals surface area contributed by atoms with Crippen molar-refractivity contribution in [3.8, 4) is 0 Å². The number of rotatable bonds is 4. The number of likely N-dealkylation sites (N-methyl/N-ethyl adjacent to an activating group) is 2. The molecule has 2 heterocycles. The molecule has 43 heavy (non-hydrogen) atoms. The topological polar surface area (TPSA) is 169 Å². The fourth-order valence-electron chi connectivity index (χ4n) is 6.84. The normalized spacial score (nSPS) is 46.4. The Bertz CT molecular complexity index is 932. The van der Waals surface area contributed by atoms with Crippen LogP contribution in [-0.2, 0) is 23.8 Å². The molecule has 5 N–H and O–H groups in total. The SMILES string of the molecule is CC[C@@H]1OC(=O)[C@H](C)[C@@H](O)[C@H](C)[C@@H](O[C@@H]2O[C@H](C)C[C@H](N(C)C(C)=O)[C@H]2O)[C@](C)(O)C[C@@H](C)CN(C)[C@@H](C)[C@@H](O)[C@]1(C)O. The summed E-state index contributed by atoms with van der Waals surface area (Å²) >= 11 is 0. The van der Waals surface area contributed by atoms with Gasteiger partial charge < -0.3 is 49.5 Å². The smallest absolute Gasteiger partial charge is 0.311 e. The van der Waals surface area contributed by atoms with Crippen LogP contribution in [0.5, 0.6) is 0 Å². The molecule has 2 saturated heterocycles. The molecule has 0 radical (unpaired) electrons. The van der Waals surface area contributed by atoms with Crippen LogP contribution in [0.15, 0.2) is 0 Å². The fraction of sp³-hybridized carbons (Fsp3) is 0.935. The molecule has 2 fully saturated rings. The first kappa shape index (κ1) is 37.8. The van der Waals surface area contributed by atoms with Crippen molar-refractivity contribution in [2.75, 3.05) is 20.6 Å². The van der Waals surface area contributed by atoms with Crippen LogP contribution < -0.4 is 0 Å². The number of aliphatic hydroxyl groups is 5. The highest BCUT2D eigenvalue weighted by atomic mass is 16.7. The molecule has 0 spiro atoms. The van der Waals surface area contributed by atoms with Gasteiger partial charge in [0.1, 0.15) is 23.9 Å². The molecule has 0 aromatic rings. The van der Waals surface area contributed by atoms with Crippen LogP contribution in [-0.4, -0.2) is 134 Å². The summed E-state index contributed by atoms with van der Waals surface area (Å²) in [6.07, 6.45) is -6.80. The van der Waals surface area contributed by atoms with Crippen molar-refractivity contribution in [2.24, 2.45) is 17.8 Å². The lowest BCUT2D eigenvalue weighted by atomic mass is 9.78. The summed E-state index contributed by atoms with van der Waals surface area (Å²) in [6.45, 7) is 15.3. The third kappa shape index (κ3) is 8.66. The highest BCUT2D eigenvalue weighted by Crippen LogP contribution is 2.36. The Morgan fingerprint density at radius 1 is 1.09 bits per heavy atom. The Morgan fingerprint density at radius 2 is 1.67 bits per heavy atom. The van der Waals surface area contributed by atoms with Crippen LogP contribution in [0.1, 0.15) is 81.6 Å². The lowest BCUT2D eigenvalue weighted by molar-refractivity contribution is -0.298. The summed E-state index contributed by atoms with van der Waals surface area (Å²) in [4.78, 5) is 28.8. The molecule has 0 aliphatic carbocycles. The number of esters is 1. The van der Waals surface area contributed by atoms with Gasteiger partial charge in [-0.3, -0.25) is 9.59 Å². The van der Waals surface area contributed by atoms with E-state index in [4.69, 9.17) is 14.2 Å². The Morgan fingerprint density at radius 3 is 2.21 bits per heavy atom. The van der Waals surface area contributed by atoms with E-state index in [1.54, 1.807) is 41.7 Å². The Balaban J connectivity index is 2.53. The van der Waals surface area contributed by atoms with Gasteiger partial charge in [-0.15, -0.1) is 0 Å². The number of aliphatic hydroxyl groups excluding tert-OH is 3. The number of nitrogens with zero attached hydrogens (tertiary/aromatic N) is 2. The van der Waals surface area contributed by atoms with Gasteiger partial charge in [-0.25, -0.2) is 0 Å². The van der Waals surface area contributed by atoms with E-state index in [0.717, 1.165) is 0 Å². The first-order chi connectivity index (χ1) is 19.7. The zero-order valence-electron chi connectivity index (χ0n) is 27.9. The van der Waals surface area contributed by atoms with Crippen molar-refractivity contribution in [3.05, 3.63) is 0 Å². The molecule has 0 unspecified atom stereocenters. The quantitative estimate of drug-likeness (QED) is 0.284. The summed E-state index contributed by atoms with van der Waals surface area (Å²) < 4.78 is 18.0. The van der Waals surface area contributed by atoms with Crippen molar-refractivity contribution in [3.63, 3.8) is 0 Å². The second-order valence-corrected chi connectivity index (χ2v) is 13.8. The van der Waals surface area contributed by atoms with Crippen molar-refractivity contribution in [2.45, 2.75) is 148 Å². The largest absolute Gasteiger partial charge is 0.459 e. The van der Waals surface area contributed by atoms with E-state index in [-0.39, 0.29) is 30.8 Å². The number of cyclic esters (lactones) is 1. The van der Waals surface area contributed by atoms with E-state index >= 15 is 0 Å². The summed E-state index contributed by atoms with van der Waals surface area (Å²) in [5.41, 5.74) is -3.35. The minimum absolute atomic E-state index is 0.148. The minimum atomic E-state index is -1.77. The van der Waals surface area contributed by atoms with Crippen molar-refractivity contribution in [1.82, 2.24) is 9.80 Å². The zero-order valence-corrected chi connectivity index (χ0v) is 27.9. The van der Waals surface area contributed by atoms with E-state index in [1.165, 1.54) is 25.7 Å². The predicted molar refractivity (Wildman–Crippen MR) is 160 cm³/mol. The van der Waals surface area contributed by atoms with Gasteiger partial charge in [-0.1, -0.05) is 20.8 Å². The monoisotopic (exact) mass is 618 g/mol. The second-order valence-electron chi connectivity index (χ2n) is 13.8. The average molecular weight is 619 g/mol. The van der Waals surface area contributed by atoms with Crippen molar-refractivity contribution >= 4 is 11.9 Å². The van der Waals surface area contributed by atoms with Crippen molar-refractivity contribution < 1.29 is 49.3 Å². The lowest BCUT2D eigenvalue weighted by Crippen LogP contribution is -2.60. The molecule has 12 heteroatoms. The molecule has 0 aromatic heterocycles. The van der Waals surface area contributed by atoms with Crippen LogP contribution in [0.25, 0.3) is 0 Å². The molecule has 14 atom stereocenters. The van der Waals surface area contributed by atoms with Gasteiger partial charge in [-0.2, -0.15) is 0 Å². The number of hydrogen-bond acceptors (Lipinski definition) is 11. The van der Waals surface area contributed by atoms with Crippen LogP contribution in [0.2, 0.25) is 0 Å². The van der Waals surface area contributed by atoms with Crippen LogP contribution in [0.4, 0.5) is 0 Å². The van der Waals surface area contributed by atoms with Crippen LogP contribution in [0.3, 0.4) is 0 Å². The summed E-state index contributed by atoms with van der Waals surface area (Å²) in [6, 6.07) is -1.12. The molecule has 2 aliphatic rings. The number of carbonyl (C=O) groups is 2. The van der Waals surface area contributed by atoms with Gasteiger partial charge in [0, 0.05) is 32.5 Å². The zero-order chi connectivity index (χ0) is 33.2. The molecule has 12 nitrogen and oxygen atoms in total. The first-order valence-corrected chi connectivity index (χ1v) is 15.6. The van der Waals surface area contributed by atoms with Crippen LogP contribution >= 0.6 is 0 Å². The first-order valence-electron chi connectivity index (χ1n) is 15.6. The van der Waals surface area contributed by atoms with Gasteiger partial charge in [0.25, 0.3) is 0 Å². The standard InChI is InChI=1S/C31H58N2O10/c1-12-23-31(9,40)26(37)20(6)32(10)15-16(2)14-30(8,39)27(18(4)24(35)19(5)28(38)42-23)43-29-25(36)22(13-17(3)41-29)33(11)21(7)34/h16-20,22-27,29,35-37,39-40H,12-15H2,1-11H3/t16-,17-,18+,19-,20+,22+,23+,24+,25-,26-,27-,29+,30-,31-/m1/s1. The van der Waals surface area contributed by atoms with E-state index in [9.17, 15) is 35.1 Å². The third-order valence-corrected chi connectivity index (χ3v) is 9.79. The van der Waals surface area contributed by atoms with Gasteiger partial charge in [-0.05, 0) is 66.8 Å². The number of amides is 1. The molecule has 2 rings (SSSR count). The van der Waals surface area contributed by atoms with Crippen molar-refractivity contribution in [1.29, 1.82) is 0 Å². The average Bonchev–Trinajstić information content (AvgIpc) is 2.92. The Labute approximate surface area is 257 Å². The molecule has 0 saturated carbocycles. The van der Waals surface area contributed by atoms with E-state index in [2.05, 4.69) is 0 Å². The van der Waals surface area contributed by atoms with Gasteiger partial charge in [0.15, 0.2) is 6.29 Å². The number of ether oxygens (including phenoxy) is 3. The highest BCUT2D eigenvalue weighted by molar-refractivity contribution is 5.73. The summed E-state index contributed by atoms with van der Waals surface area (Å²) in [5, 5.41) is 57.2. The maximum Gasteiger partial charge on any atom is 0.311 e. The lowest BCUT2D eigenvalue weighted by Gasteiger charge is -2.47. The molecule has 252 valence electrons. The maximum absolute atomic E-state index is 13.3. The molecule has 0 aromatic carbocycles. The Hall–Kier alpha value is -1.38. The van der Waals surface area contributed by atoms with Gasteiger partial charge in [0.2, 0.25) is 5.91 Å². The summed E-state index contributed by atoms with van der Waals surface area (Å²) in [5.74, 6) is -3.09. The maximum atomic E-state index is 13.3. The second kappa shape index (κ2) is 14.8. The van der Waals surface area contributed by atoms with Gasteiger partial charge in [0.05, 0.1) is 35.9 Å². The number of carbonyl (C=O) groups excluding carboxylic acids is 2.